The van der Waals surface area contributed by atoms with Crippen LogP contribution in [0, 0.1) is 6.92 Å². The van der Waals surface area contributed by atoms with Gasteiger partial charge in [-0.05, 0) is 57.9 Å². The van der Waals surface area contributed by atoms with E-state index in [9.17, 15) is 18.0 Å². The van der Waals surface area contributed by atoms with Crippen LogP contribution < -0.4 is 9.62 Å². The predicted molar refractivity (Wildman–Crippen MR) is 142 cm³/mol. The number of carbonyl (C=O) groups excluding carboxylic acids is 2. The maximum absolute atomic E-state index is 13.3. The third kappa shape index (κ3) is 8.70. The molecule has 0 spiro atoms. The van der Waals surface area contributed by atoms with Gasteiger partial charge in [0.2, 0.25) is 21.8 Å². The molecule has 1 atom stereocenters. The molecule has 192 valence electrons. The molecule has 2 aromatic rings. The van der Waals surface area contributed by atoms with E-state index in [1.165, 1.54) is 17.0 Å². The van der Waals surface area contributed by atoms with Gasteiger partial charge >= 0.3 is 0 Å². The molecular formula is C25H33Cl2N3O4S. The zero-order chi connectivity index (χ0) is 26.3. The number of sulfonamides is 1. The smallest absolute Gasteiger partial charge is 0.242 e. The fraction of sp³-hybridized carbons (Fsp3) is 0.440. The number of aryl methyl sites for hydroxylation is 1. The van der Waals surface area contributed by atoms with Gasteiger partial charge in [0.15, 0.2) is 0 Å². The van der Waals surface area contributed by atoms with Gasteiger partial charge in [0, 0.05) is 30.6 Å². The standard InChI is InChI=1S/C25H33Cl2N3O4S/c1-17(2)28-25(32)19(4)29(16-20-10-8-18(3)9-11-20)24(31)7-6-14-30(35(5,33)34)23-15-21(26)12-13-22(23)27/h8-13,15,17,19H,6-7,14,16H2,1-5H3,(H,28,32)/t19-/m1/s1. The summed E-state index contributed by atoms with van der Waals surface area (Å²) in [5.74, 6) is -0.494. The molecule has 0 bridgehead atoms. The summed E-state index contributed by atoms with van der Waals surface area (Å²) in [5, 5.41) is 3.44. The summed E-state index contributed by atoms with van der Waals surface area (Å²) in [6.45, 7) is 7.69. The fourth-order valence-corrected chi connectivity index (χ4v) is 4.94. The molecule has 1 N–H and O–H groups in total. The summed E-state index contributed by atoms with van der Waals surface area (Å²) < 4.78 is 26.0. The number of benzene rings is 2. The summed E-state index contributed by atoms with van der Waals surface area (Å²) in [4.78, 5) is 27.5. The number of hydrogen-bond acceptors (Lipinski definition) is 4. The van der Waals surface area contributed by atoms with E-state index in [0.29, 0.717) is 5.02 Å². The number of rotatable bonds is 11. The van der Waals surface area contributed by atoms with Crippen LogP contribution in [0.1, 0.15) is 44.7 Å². The molecule has 2 rings (SSSR count). The van der Waals surface area contributed by atoms with E-state index in [1.807, 2.05) is 45.0 Å². The second-order valence-electron chi connectivity index (χ2n) is 8.88. The number of anilines is 1. The van der Waals surface area contributed by atoms with Crippen molar-refractivity contribution in [1.82, 2.24) is 10.2 Å². The van der Waals surface area contributed by atoms with Crippen LogP contribution in [0.3, 0.4) is 0 Å². The molecule has 0 aliphatic heterocycles. The van der Waals surface area contributed by atoms with Crippen LogP contribution in [-0.2, 0) is 26.2 Å². The largest absolute Gasteiger partial charge is 0.352 e. The van der Waals surface area contributed by atoms with Crippen LogP contribution in [0.5, 0.6) is 0 Å². The molecule has 7 nitrogen and oxygen atoms in total. The van der Waals surface area contributed by atoms with Gasteiger partial charge in [0.25, 0.3) is 0 Å². The lowest BCUT2D eigenvalue weighted by Crippen LogP contribution is -2.49. The van der Waals surface area contributed by atoms with Gasteiger partial charge in [-0.25, -0.2) is 8.42 Å². The maximum Gasteiger partial charge on any atom is 0.242 e. The molecular weight excluding hydrogens is 509 g/mol. The van der Waals surface area contributed by atoms with Gasteiger partial charge in [0.05, 0.1) is 17.0 Å². The summed E-state index contributed by atoms with van der Waals surface area (Å²) in [7, 11) is -3.67. The highest BCUT2D eigenvalue weighted by Crippen LogP contribution is 2.31. The zero-order valence-electron chi connectivity index (χ0n) is 20.7. The molecule has 10 heteroatoms. The van der Waals surface area contributed by atoms with Gasteiger partial charge in [-0.2, -0.15) is 0 Å². The summed E-state index contributed by atoms with van der Waals surface area (Å²) in [6.07, 6.45) is 1.36. The Kier molecular flexibility index (Phi) is 10.4. The lowest BCUT2D eigenvalue weighted by molar-refractivity contribution is -0.140. The molecule has 0 aliphatic carbocycles. The first-order chi connectivity index (χ1) is 16.3. The highest BCUT2D eigenvalue weighted by atomic mass is 35.5. The van der Waals surface area contributed by atoms with Crippen LogP contribution in [0.4, 0.5) is 5.69 Å². The van der Waals surface area contributed by atoms with Crippen LogP contribution in [-0.4, -0.2) is 50.0 Å². The van der Waals surface area contributed by atoms with Crippen molar-refractivity contribution < 1.29 is 18.0 Å². The van der Waals surface area contributed by atoms with Crippen molar-refractivity contribution in [3.05, 3.63) is 63.6 Å². The molecule has 0 fully saturated rings. The van der Waals surface area contributed by atoms with E-state index in [4.69, 9.17) is 23.2 Å². The molecule has 0 saturated heterocycles. The maximum atomic E-state index is 13.3. The highest BCUT2D eigenvalue weighted by Gasteiger charge is 2.27. The van der Waals surface area contributed by atoms with Crippen molar-refractivity contribution >= 4 is 50.7 Å². The molecule has 2 aromatic carbocycles. The second-order valence-corrected chi connectivity index (χ2v) is 11.6. The predicted octanol–water partition coefficient (Wildman–Crippen LogP) is 4.79. The third-order valence-corrected chi connectivity index (χ3v) is 7.14. The van der Waals surface area contributed by atoms with Crippen molar-refractivity contribution in [3.8, 4) is 0 Å². The van der Waals surface area contributed by atoms with Crippen molar-refractivity contribution in [1.29, 1.82) is 0 Å². The monoisotopic (exact) mass is 541 g/mol. The molecule has 35 heavy (non-hydrogen) atoms. The lowest BCUT2D eigenvalue weighted by Gasteiger charge is -2.30. The summed E-state index contributed by atoms with van der Waals surface area (Å²) in [5.41, 5.74) is 2.25. The molecule has 0 heterocycles. The Bertz CT molecular complexity index is 1140. The van der Waals surface area contributed by atoms with E-state index >= 15 is 0 Å². The topological polar surface area (TPSA) is 86.8 Å². The number of halogens is 2. The van der Waals surface area contributed by atoms with Crippen molar-refractivity contribution in [2.24, 2.45) is 0 Å². The lowest BCUT2D eigenvalue weighted by atomic mass is 10.1. The number of amides is 2. The Morgan fingerprint density at radius 1 is 1.03 bits per heavy atom. The van der Waals surface area contributed by atoms with E-state index in [0.717, 1.165) is 21.7 Å². The van der Waals surface area contributed by atoms with Gasteiger partial charge < -0.3 is 10.2 Å². The van der Waals surface area contributed by atoms with Crippen molar-refractivity contribution in [3.63, 3.8) is 0 Å². The van der Waals surface area contributed by atoms with Crippen LogP contribution in [0.2, 0.25) is 10.0 Å². The summed E-state index contributed by atoms with van der Waals surface area (Å²) >= 11 is 12.3. The first-order valence-corrected chi connectivity index (χ1v) is 14.0. The average molecular weight is 543 g/mol. The Balaban J connectivity index is 2.20. The van der Waals surface area contributed by atoms with Crippen LogP contribution >= 0.6 is 23.2 Å². The number of nitrogens with zero attached hydrogens (tertiary/aromatic N) is 2. The fourth-order valence-electron chi connectivity index (χ4n) is 3.54. The van der Waals surface area contributed by atoms with Gasteiger partial charge in [-0.3, -0.25) is 13.9 Å². The van der Waals surface area contributed by atoms with Crippen LogP contribution in [0.25, 0.3) is 0 Å². The summed E-state index contributed by atoms with van der Waals surface area (Å²) in [6, 6.07) is 11.6. The van der Waals surface area contributed by atoms with E-state index < -0.39 is 16.1 Å². The molecule has 0 radical (unpaired) electrons. The third-order valence-electron chi connectivity index (χ3n) is 5.40. The van der Waals surface area contributed by atoms with Gasteiger partial charge in [0.1, 0.15) is 6.04 Å². The SMILES string of the molecule is Cc1ccc(CN(C(=O)CCCN(c2cc(Cl)ccc2Cl)S(C)(=O)=O)[C@H](C)C(=O)NC(C)C)cc1. The average Bonchev–Trinajstić information content (AvgIpc) is 2.76. The molecule has 0 saturated carbocycles. The quantitative estimate of drug-likeness (QED) is 0.443. The van der Waals surface area contributed by atoms with E-state index in [-0.39, 0.29) is 54.5 Å². The van der Waals surface area contributed by atoms with Crippen molar-refractivity contribution in [2.75, 3.05) is 17.1 Å². The highest BCUT2D eigenvalue weighted by molar-refractivity contribution is 7.92. The Morgan fingerprint density at radius 3 is 2.23 bits per heavy atom. The molecule has 0 aromatic heterocycles. The molecule has 2 amide bonds. The minimum atomic E-state index is -3.67. The van der Waals surface area contributed by atoms with E-state index in [2.05, 4.69) is 5.32 Å². The normalized spacial score (nSPS) is 12.3. The van der Waals surface area contributed by atoms with E-state index in [1.54, 1.807) is 13.0 Å². The van der Waals surface area contributed by atoms with Crippen LogP contribution in [0.15, 0.2) is 42.5 Å². The van der Waals surface area contributed by atoms with Gasteiger partial charge in [-0.15, -0.1) is 0 Å². The minimum Gasteiger partial charge on any atom is -0.352 e. The zero-order valence-corrected chi connectivity index (χ0v) is 23.0. The Hall–Kier alpha value is -2.29. The number of nitrogens with one attached hydrogen (secondary N) is 1. The Labute approximate surface area is 218 Å². The number of hydrogen-bond donors (Lipinski definition) is 1. The second kappa shape index (κ2) is 12.6. The molecule has 0 aliphatic rings. The van der Waals surface area contributed by atoms with Crippen molar-refractivity contribution in [2.45, 2.75) is 59.2 Å². The minimum absolute atomic E-state index is 0.0373. The first-order valence-electron chi connectivity index (χ1n) is 11.4. The Morgan fingerprint density at radius 2 is 1.66 bits per heavy atom. The van der Waals surface area contributed by atoms with Gasteiger partial charge in [-0.1, -0.05) is 53.0 Å². The first kappa shape index (κ1) is 28.9. The number of carbonyl (C=O) groups is 2. The molecule has 0 unspecified atom stereocenters.